The van der Waals surface area contributed by atoms with E-state index in [0.29, 0.717) is 17.6 Å². The molecule has 1 aromatic rings. The molecule has 0 bridgehead atoms. The fourth-order valence-corrected chi connectivity index (χ4v) is 3.34. The van der Waals surface area contributed by atoms with E-state index in [4.69, 9.17) is 0 Å². The van der Waals surface area contributed by atoms with Gasteiger partial charge in [0.2, 0.25) is 0 Å². The lowest BCUT2D eigenvalue weighted by molar-refractivity contribution is 0.0922. The van der Waals surface area contributed by atoms with Crippen LogP contribution in [0, 0.1) is 11.8 Å². The Hall–Kier alpha value is -1.15. The summed E-state index contributed by atoms with van der Waals surface area (Å²) in [5.74, 6) is 2.10. The first-order chi connectivity index (χ1) is 10.5. The number of benzene rings is 1. The average Bonchev–Trinajstić information content (AvgIpc) is 2.49. The van der Waals surface area contributed by atoms with E-state index in [0.717, 1.165) is 31.0 Å². The Balaban J connectivity index is 1.87. The number of rotatable bonds is 6. The highest BCUT2D eigenvalue weighted by molar-refractivity contribution is 5.96. The zero-order valence-corrected chi connectivity index (χ0v) is 14.6. The van der Waals surface area contributed by atoms with Crippen molar-refractivity contribution >= 4 is 5.78 Å². The van der Waals surface area contributed by atoms with E-state index in [-0.39, 0.29) is 0 Å². The van der Waals surface area contributed by atoms with Crippen LogP contribution in [0.2, 0.25) is 0 Å². The molecule has 0 radical (unpaired) electrons. The molecule has 2 heteroatoms. The van der Waals surface area contributed by atoms with Crippen LogP contribution in [0.1, 0.15) is 68.8 Å². The van der Waals surface area contributed by atoms with Crippen molar-refractivity contribution < 1.29 is 4.79 Å². The number of carbonyl (C=O) groups is 1. The minimum atomic E-state index is 0.324. The fourth-order valence-electron chi connectivity index (χ4n) is 3.34. The van der Waals surface area contributed by atoms with Crippen molar-refractivity contribution in [2.45, 2.75) is 52.9 Å². The molecular formula is C20H31NO. The predicted octanol–water partition coefficient (Wildman–Crippen LogP) is 4.75. The molecule has 22 heavy (non-hydrogen) atoms. The van der Waals surface area contributed by atoms with E-state index in [9.17, 15) is 4.79 Å². The van der Waals surface area contributed by atoms with Crippen molar-refractivity contribution in [3.05, 3.63) is 35.4 Å². The smallest absolute Gasteiger partial charge is 0.163 e. The van der Waals surface area contributed by atoms with Gasteiger partial charge in [-0.1, -0.05) is 45.9 Å². The summed E-state index contributed by atoms with van der Waals surface area (Å²) in [6.07, 6.45) is 3.06. The number of ketones is 1. The number of likely N-dealkylation sites (tertiary alicyclic amines) is 1. The highest BCUT2D eigenvalue weighted by atomic mass is 16.1. The molecule has 122 valence electrons. The molecule has 1 aromatic carbocycles. The molecule has 0 unspecified atom stereocenters. The van der Waals surface area contributed by atoms with Crippen LogP contribution < -0.4 is 0 Å². The first-order valence-corrected chi connectivity index (χ1v) is 8.81. The standard InChI is InChI=1S/C20H31NO/c1-15(2)14-21-10-8-17(9-11-21)12-20(22)19-7-5-6-18(13-19)16(3)4/h5-7,13,15-17H,8-12,14H2,1-4H3. The monoisotopic (exact) mass is 301 g/mol. The molecule has 0 aliphatic carbocycles. The molecule has 0 saturated carbocycles. The van der Waals surface area contributed by atoms with E-state index in [1.807, 2.05) is 12.1 Å². The van der Waals surface area contributed by atoms with Crippen LogP contribution in [0.25, 0.3) is 0 Å². The second-order valence-corrected chi connectivity index (χ2v) is 7.55. The molecule has 2 nitrogen and oxygen atoms in total. The van der Waals surface area contributed by atoms with E-state index in [1.54, 1.807) is 0 Å². The normalized spacial score (nSPS) is 17.4. The van der Waals surface area contributed by atoms with Gasteiger partial charge < -0.3 is 4.90 Å². The van der Waals surface area contributed by atoms with Gasteiger partial charge in [0.05, 0.1) is 0 Å². The Morgan fingerprint density at radius 3 is 2.45 bits per heavy atom. The summed E-state index contributed by atoms with van der Waals surface area (Å²) in [7, 11) is 0. The van der Waals surface area contributed by atoms with Crippen LogP contribution in [0.5, 0.6) is 0 Å². The van der Waals surface area contributed by atoms with Crippen LogP contribution in [-0.4, -0.2) is 30.3 Å². The van der Waals surface area contributed by atoms with Crippen molar-refractivity contribution in [3.8, 4) is 0 Å². The van der Waals surface area contributed by atoms with Gasteiger partial charge >= 0.3 is 0 Å². The maximum absolute atomic E-state index is 12.5. The molecule has 0 spiro atoms. The van der Waals surface area contributed by atoms with E-state index < -0.39 is 0 Å². The maximum atomic E-state index is 12.5. The lowest BCUT2D eigenvalue weighted by Gasteiger charge is -2.32. The molecular weight excluding hydrogens is 270 g/mol. The van der Waals surface area contributed by atoms with E-state index >= 15 is 0 Å². The van der Waals surface area contributed by atoms with Gasteiger partial charge in [-0.05, 0) is 55.3 Å². The lowest BCUT2D eigenvalue weighted by Crippen LogP contribution is -2.36. The third kappa shape index (κ3) is 4.95. The third-order valence-corrected chi connectivity index (χ3v) is 4.68. The van der Waals surface area contributed by atoms with Crippen LogP contribution in [0.4, 0.5) is 0 Å². The quantitative estimate of drug-likeness (QED) is 0.707. The van der Waals surface area contributed by atoms with Gasteiger partial charge in [-0.2, -0.15) is 0 Å². The molecule has 1 saturated heterocycles. The summed E-state index contributed by atoms with van der Waals surface area (Å²) in [4.78, 5) is 15.1. The molecule has 0 N–H and O–H groups in total. The number of piperidine rings is 1. The number of carbonyl (C=O) groups excluding carboxylic acids is 1. The number of Topliss-reactive ketones (excluding diaryl/α,β-unsaturated/α-hetero) is 1. The second-order valence-electron chi connectivity index (χ2n) is 7.55. The Morgan fingerprint density at radius 2 is 1.86 bits per heavy atom. The van der Waals surface area contributed by atoms with Gasteiger partial charge in [0.1, 0.15) is 0 Å². The van der Waals surface area contributed by atoms with Gasteiger partial charge in [-0.15, -0.1) is 0 Å². The summed E-state index contributed by atoms with van der Waals surface area (Å²) in [6, 6.07) is 8.20. The predicted molar refractivity (Wildman–Crippen MR) is 93.5 cm³/mol. The Morgan fingerprint density at radius 1 is 1.18 bits per heavy atom. The summed E-state index contributed by atoms with van der Waals surface area (Å²) in [6.45, 7) is 12.4. The second kappa shape index (κ2) is 7.92. The molecule has 0 atom stereocenters. The lowest BCUT2D eigenvalue weighted by atomic mass is 9.88. The first-order valence-electron chi connectivity index (χ1n) is 8.81. The van der Waals surface area contributed by atoms with Gasteiger partial charge in [0, 0.05) is 18.5 Å². The first kappa shape index (κ1) is 17.2. The highest BCUT2D eigenvalue weighted by Gasteiger charge is 2.22. The van der Waals surface area contributed by atoms with E-state index in [1.165, 1.54) is 24.9 Å². The Labute approximate surface area is 135 Å². The van der Waals surface area contributed by atoms with Gasteiger partial charge in [0.25, 0.3) is 0 Å². The average molecular weight is 301 g/mol. The van der Waals surface area contributed by atoms with Crippen molar-refractivity contribution in [2.24, 2.45) is 11.8 Å². The van der Waals surface area contributed by atoms with Crippen LogP contribution in [0.15, 0.2) is 24.3 Å². The van der Waals surface area contributed by atoms with Crippen LogP contribution in [0.3, 0.4) is 0 Å². The molecule has 0 aromatic heterocycles. The molecule has 1 aliphatic rings. The van der Waals surface area contributed by atoms with Gasteiger partial charge in [-0.3, -0.25) is 4.79 Å². The topological polar surface area (TPSA) is 20.3 Å². The zero-order valence-electron chi connectivity index (χ0n) is 14.6. The molecule has 1 aliphatic heterocycles. The zero-order chi connectivity index (χ0) is 16.1. The fraction of sp³-hybridized carbons (Fsp3) is 0.650. The highest BCUT2D eigenvalue weighted by Crippen LogP contribution is 2.24. The minimum Gasteiger partial charge on any atom is -0.303 e. The van der Waals surface area contributed by atoms with Crippen molar-refractivity contribution in [3.63, 3.8) is 0 Å². The summed E-state index contributed by atoms with van der Waals surface area (Å²) in [5, 5.41) is 0. The number of hydrogen-bond acceptors (Lipinski definition) is 2. The van der Waals surface area contributed by atoms with Crippen molar-refractivity contribution in [2.75, 3.05) is 19.6 Å². The molecule has 1 heterocycles. The number of nitrogens with zero attached hydrogens (tertiary/aromatic N) is 1. The number of hydrogen-bond donors (Lipinski definition) is 0. The van der Waals surface area contributed by atoms with Gasteiger partial charge in [-0.25, -0.2) is 0 Å². The Kier molecular flexibility index (Phi) is 6.19. The van der Waals surface area contributed by atoms with Gasteiger partial charge in [0.15, 0.2) is 5.78 Å². The summed E-state index contributed by atoms with van der Waals surface area (Å²) >= 11 is 0. The SMILES string of the molecule is CC(C)CN1CCC(CC(=O)c2cccc(C(C)C)c2)CC1. The maximum Gasteiger partial charge on any atom is 0.163 e. The molecule has 2 rings (SSSR count). The third-order valence-electron chi connectivity index (χ3n) is 4.68. The van der Waals surface area contributed by atoms with Crippen LogP contribution in [-0.2, 0) is 0 Å². The molecule has 0 amide bonds. The summed E-state index contributed by atoms with van der Waals surface area (Å²) in [5.41, 5.74) is 2.16. The Bertz CT molecular complexity index is 484. The van der Waals surface area contributed by atoms with Crippen molar-refractivity contribution in [1.29, 1.82) is 0 Å². The summed E-state index contributed by atoms with van der Waals surface area (Å²) < 4.78 is 0. The minimum absolute atomic E-state index is 0.324. The largest absolute Gasteiger partial charge is 0.303 e. The van der Waals surface area contributed by atoms with E-state index in [2.05, 4.69) is 44.7 Å². The van der Waals surface area contributed by atoms with Crippen molar-refractivity contribution in [1.82, 2.24) is 4.90 Å². The van der Waals surface area contributed by atoms with Crippen LogP contribution >= 0.6 is 0 Å². The molecule has 1 fully saturated rings.